The van der Waals surface area contributed by atoms with E-state index in [1.54, 1.807) is 0 Å². The number of hydrogen-bond donors (Lipinski definition) is 1. The topological polar surface area (TPSA) is 50.2 Å². The average molecular weight is 338 g/mol. The van der Waals surface area contributed by atoms with E-state index in [1.165, 1.54) is 6.42 Å². The molecule has 0 unspecified atom stereocenters. The minimum atomic E-state index is -0.206. The standard InChI is InChI=1S/C20H26N4O/c25-20(22-17-10-11-17)19(16-7-2-1-3-8-16)24-14-5-4-9-18(24)15-23-13-6-12-21-23/h1-3,6-8,12-13,17-19H,4-5,9-11,14-15H2,(H,22,25)/t18-,19-/m1/s1. The lowest BCUT2D eigenvalue weighted by Crippen LogP contribution is -2.49. The number of rotatable bonds is 6. The van der Waals surface area contributed by atoms with E-state index >= 15 is 0 Å². The molecular weight excluding hydrogens is 312 g/mol. The molecule has 4 rings (SSSR count). The molecule has 2 heterocycles. The Morgan fingerprint density at radius 1 is 1.16 bits per heavy atom. The first-order valence-corrected chi connectivity index (χ1v) is 9.40. The molecule has 1 N–H and O–H groups in total. The van der Waals surface area contributed by atoms with Gasteiger partial charge in [-0.05, 0) is 43.9 Å². The van der Waals surface area contributed by atoms with Gasteiger partial charge in [-0.3, -0.25) is 14.4 Å². The van der Waals surface area contributed by atoms with Crippen molar-refractivity contribution in [1.82, 2.24) is 20.0 Å². The largest absolute Gasteiger partial charge is 0.352 e. The number of likely N-dealkylation sites (tertiary alicyclic amines) is 1. The number of benzene rings is 1. The summed E-state index contributed by atoms with van der Waals surface area (Å²) in [6.07, 6.45) is 9.54. The van der Waals surface area contributed by atoms with Gasteiger partial charge in [-0.25, -0.2) is 0 Å². The molecule has 2 aromatic rings. The van der Waals surface area contributed by atoms with Gasteiger partial charge in [0.05, 0.1) is 6.54 Å². The molecule has 2 atom stereocenters. The third-order valence-corrected chi connectivity index (χ3v) is 5.25. The summed E-state index contributed by atoms with van der Waals surface area (Å²) in [7, 11) is 0. The highest BCUT2D eigenvalue weighted by Crippen LogP contribution is 2.31. The van der Waals surface area contributed by atoms with Gasteiger partial charge < -0.3 is 5.32 Å². The van der Waals surface area contributed by atoms with E-state index in [9.17, 15) is 4.79 Å². The maximum absolute atomic E-state index is 13.1. The summed E-state index contributed by atoms with van der Waals surface area (Å²) < 4.78 is 1.99. The summed E-state index contributed by atoms with van der Waals surface area (Å²) in [5, 5.41) is 7.60. The highest BCUT2D eigenvalue weighted by Gasteiger charge is 2.36. The first kappa shape index (κ1) is 16.3. The van der Waals surface area contributed by atoms with E-state index in [4.69, 9.17) is 0 Å². The summed E-state index contributed by atoms with van der Waals surface area (Å²) >= 11 is 0. The van der Waals surface area contributed by atoms with Crippen LogP contribution in [0.4, 0.5) is 0 Å². The SMILES string of the molecule is O=C(NC1CC1)[C@@H](c1ccccc1)N1CCCC[C@@H]1Cn1cccn1. The lowest BCUT2D eigenvalue weighted by molar-refractivity contribution is -0.128. The van der Waals surface area contributed by atoms with Crippen LogP contribution in [0.2, 0.25) is 0 Å². The molecular formula is C20H26N4O. The van der Waals surface area contributed by atoms with E-state index in [0.29, 0.717) is 12.1 Å². The first-order chi connectivity index (χ1) is 12.3. The number of nitrogens with zero attached hydrogens (tertiary/aromatic N) is 3. The van der Waals surface area contributed by atoms with Crippen LogP contribution in [0.5, 0.6) is 0 Å². The molecule has 0 spiro atoms. The van der Waals surface area contributed by atoms with Crippen molar-refractivity contribution in [3.63, 3.8) is 0 Å². The molecule has 1 saturated carbocycles. The number of nitrogens with one attached hydrogen (secondary N) is 1. The van der Waals surface area contributed by atoms with E-state index < -0.39 is 0 Å². The van der Waals surface area contributed by atoms with Gasteiger partial charge in [0.2, 0.25) is 5.91 Å². The Hall–Kier alpha value is -2.14. The van der Waals surface area contributed by atoms with Crippen molar-refractivity contribution in [2.24, 2.45) is 0 Å². The zero-order valence-corrected chi connectivity index (χ0v) is 14.6. The van der Waals surface area contributed by atoms with Crippen molar-refractivity contribution < 1.29 is 4.79 Å². The van der Waals surface area contributed by atoms with Crippen molar-refractivity contribution >= 4 is 5.91 Å². The second-order valence-corrected chi connectivity index (χ2v) is 7.21. The normalized spacial score (nSPS) is 22.5. The maximum atomic E-state index is 13.1. The summed E-state index contributed by atoms with van der Waals surface area (Å²) in [4.78, 5) is 15.5. The molecule has 1 aliphatic carbocycles. The second kappa shape index (κ2) is 7.40. The van der Waals surface area contributed by atoms with E-state index in [0.717, 1.165) is 44.3 Å². The number of piperidine rings is 1. The monoisotopic (exact) mass is 338 g/mol. The number of amides is 1. The van der Waals surface area contributed by atoms with E-state index in [-0.39, 0.29) is 11.9 Å². The number of aromatic nitrogens is 2. The zero-order valence-electron chi connectivity index (χ0n) is 14.6. The lowest BCUT2D eigenvalue weighted by atomic mass is 9.95. The number of carbonyl (C=O) groups is 1. The van der Waals surface area contributed by atoms with Crippen LogP contribution in [0.1, 0.15) is 43.7 Å². The van der Waals surface area contributed by atoms with Crippen molar-refractivity contribution in [3.05, 3.63) is 54.4 Å². The quantitative estimate of drug-likeness (QED) is 0.881. The Labute approximate surface area is 149 Å². The number of carbonyl (C=O) groups excluding carboxylic acids is 1. The fraction of sp³-hybridized carbons (Fsp3) is 0.500. The molecule has 1 aromatic heterocycles. The smallest absolute Gasteiger partial charge is 0.242 e. The lowest BCUT2D eigenvalue weighted by Gasteiger charge is -2.40. The van der Waals surface area contributed by atoms with Crippen LogP contribution < -0.4 is 5.32 Å². The molecule has 5 heteroatoms. The first-order valence-electron chi connectivity index (χ1n) is 9.40. The predicted octanol–water partition coefficient (Wildman–Crippen LogP) is 2.76. The van der Waals surface area contributed by atoms with Gasteiger partial charge >= 0.3 is 0 Å². The van der Waals surface area contributed by atoms with Gasteiger partial charge in [-0.1, -0.05) is 36.8 Å². The third-order valence-electron chi connectivity index (χ3n) is 5.25. The molecule has 132 valence electrons. The van der Waals surface area contributed by atoms with Crippen molar-refractivity contribution in [3.8, 4) is 0 Å². The Kier molecular flexibility index (Phi) is 4.83. The molecule has 1 aliphatic heterocycles. The number of hydrogen-bond acceptors (Lipinski definition) is 3. The van der Waals surface area contributed by atoms with Crippen LogP contribution >= 0.6 is 0 Å². The van der Waals surface area contributed by atoms with Gasteiger partial charge in [-0.15, -0.1) is 0 Å². The molecule has 1 amide bonds. The van der Waals surface area contributed by atoms with Crippen molar-refractivity contribution in [1.29, 1.82) is 0 Å². The third kappa shape index (κ3) is 3.93. The molecule has 0 bridgehead atoms. The minimum absolute atomic E-state index is 0.154. The van der Waals surface area contributed by atoms with Gasteiger partial charge in [0.25, 0.3) is 0 Å². The van der Waals surface area contributed by atoms with Crippen LogP contribution in [0.25, 0.3) is 0 Å². The van der Waals surface area contributed by atoms with E-state index in [2.05, 4.69) is 27.4 Å². The molecule has 5 nitrogen and oxygen atoms in total. The Balaban J connectivity index is 1.59. The molecule has 25 heavy (non-hydrogen) atoms. The Morgan fingerprint density at radius 3 is 2.72 bits per heavy atom. The van der Waals surface area contributed by atoms with Crippen molar-refractivity contribution in [2.45, 2.75) is 56.8 Å². The van der Waals surface area contributed by atoms with Gasteiger partial charge in [0, 0.05) is 24.5 Å². The van der Waals surface area contributed by atoms with E-state index in [1.807, 2.05) is 41.3 Å². The average Bonchev–Trinajstić information content (AvgIpc) is 3.30. The fourth-order valence-corrected chi connectivity index (χ4v) is 3.82. The maximum Gasteiger partial charge on any atom is 0.242 e. The van der Waals surface area contributed by atoms with Crippen LogP contribution in [0, 0.1) is 0 Å². The summed E-state index contributed by atoms with van der Waals surface area (Å²) in [5.41, 5.74) is 1.09. The van der Waals surface area contributed by atoms with Gasteiger partial charge in [0.15, 0.2) is 0 Å². The summed E-state index contributed by atoms with van der Waals surface area (Å²) in [5.74, 6) is 0.154. The Morgan fingerprint density at radius 2 is 2.00 bits per heavy atom. The summed E-state index contributed by atoms with van der Waals surface area (Å²) in [6.45, 7) is 1.80. The minimum Gasteiger partial charge on any atom is -0.352 e. The molecule has 1 aromatic carbocycles. The van der Waals surface area contributed by atoms with Crippen molar-refractivity contribution in [2.75, 3.05) is 6.54 Å². The highest BCUT2D eigenvalue weighted by atomic mass is 16.2. The molecule has 0 radical (unpaired) electrons. The molecule has 2 fully saturated rings. The predicted molar refractivity (Wildman–Crippen MR) is 96.9 cm³/mol. The van der Waals surface area contributed by atoms with Crippen LogP contribution in [-0.2, 0) is 11.3 Å². The van der Waals surface area contributed by atoms with Crippen LogP contribution in [0.15, 0.2) is 48.8 Å². The highest BCUT2D eigenvalue weighted by molar-refractivity contribution is 5.83. The molecule has 1 saturated heterocycles. The van der Waals surface area contributed by atoms with Crippen LogP contribution in [0.3, 0.4) is 0 Å². The second-order valence-electron chi connectivity index (χ2n) is 7.21. The molecule has 2 aliphatic rings. The zero-order chi connectivity index (χ0) is 17.1. The Bertz CT molecular complexity index is 681. The van der Waals surface area contributed by atoms with Gasteiger partial charge in [-0.2, -0.15) is 5.10 Å². The van der Waals surface area contributed by atoms with Crippen LogP contribution in [-0.4, -0.2) is 39.2 Å². The summed E-state index contributed by atoms with van der Waals surface area (Å²) in [6, 6.07) is 12.7. The van der Waals surface area contributed by atoms with Gasteiger partial charge in [0.1, 0.15) is 6.04 Å². The fourth-order valence-electron chi connectivity index (χ4n) is 3.82.